The molecule has 2 aromatic rings. The molecular formula is C21H31N5O3S. The maximum absolute atomic E-state index is 13.3. The zero-order valence-electron chi connectivity index (χ0n) is 17.8. The maximum Gasteiger partial charge on any atom is 0.286 e. The van der Waals surface area contributed by atoms with Gasteiger partial charge < -0.3 is 9.32 Å². The molecule has 0 spiro atoms. The molecule has 2 aromatic heterocycles. The number of carbonyl (C=O) groups excluding carboxylic acids is 2. The largest absolute Gasteiger partial charge is 0.408 e. The molecule has 1 fully saturated rings. The molecule has 0 bridgehead atoms. The van der Waals surface area contributed by atoms with Crippen molar-refractivity contribution in [3.05, 3.63) is 24.4 Å². The first-order valence-electron chi connectivity index (χ1n) is 10.8. The van der Waals surface area contributed by atoms with Gasteiger partial charge >= 0.3 is 0 Å². The summed E-state index contributed by atoms with van der Waals surface area (Å²) in [6, 6.07) is 1.41. The smallest absolute Gasteiger partial charge is 0.286 e. The summed E-state index contributed by atoms with van der Waals surface area (Å²) < 4.78 is 7.48. The van der Waals surface area contributed by atoms with Gasteiger partial charge in [-0.1, -0.05) is 51.3 Å². The number of amides is 1. The molecular weight excluding hydrogens is 402 g/mol. The standard InChI is InChI=1S/C21H31N5O3S/c1-16(2)14-18(26(15-27)17-8-5-3-4-6-9-17)19(28)20-23-24-21(29-20)30-13-12-25-11-7-10-22-25/h7,10-11,15-18H,3-6,8-9,12-14H2,1-2H3/t18-/m0/s1. The van der Waals surface area contributed by atoms with E-state index in [9.17, 15) is 9.59 Å². The van der Waals surface area contributed by atoms with Gasteiger partial charge in [-0.2, -0.15) is 5.10 Å². The first kappa shape index (κ1) is 22.5. The molecule has 1 aliphatic carbocycles. The lowest BCUT2D eigenvalue weighted by Gasteiger charge is -2.34. The SMILES string of the molecule is CC(C)C[C@@H](C(=O)c1nnc(SCCn2cccn2)o1)N(C=O)C1CCCCCC1. The van der Waals surface area contributed by atoms with Crippen LogP contribution in [0.15, 0.2) is 28.1 Å². The molecule has 164 valence electrons. The molecule has 8 nitrogen and oxygen atoms in total. The lowest BCUT2D eigenvalue weighted by atomic mass is 9.95. The molecule has 0 radical (unpaired) electrons. The van der Waals surface area contributed by atoms with Gasteiger partial charge in [0, 0.05) is 24.2 Å². The molecule has 30 heavy (non-hydrogen) atoms. The van der Waals surface area contributed by atoms with Gasteiger partial charge in [-0.05, 0) is 31.2 Å². The Morgan fingerprint density at radius 3 is 2.70 bits per heavy atom. The summed E-state index contributed by atoms with van der Waals surface area (Å²) in [5.74, 6) is 0.697. The second-order valence-electron chi connectivity index (χ2n) is 8.20. The number of Topliss-reactive ketones (excluding diaryl/α,β-unsaturated/α-hetero) is 1. The number of rotatable bonds is 11. The Kier molecular flexibility index (Phi) is 8.48. The van der Waals surface area contributed by atoms with E-state index in [1.165, 1.54) is 24.6 Å². The number of hydrogen-bond acceptors (Lipinski definition) is 7. The third-order valence-electron chi connectivity index (χ3n) is 5.45. The van der Waals surface area contributed by atoms with Crippen molar-refractivity contribution in [2.45, 2.75) is 82.6 Å². The molecule has 2 heterocycles. The highest BCUT2D eigenvalue weighted by atomic mass is 32.2. The molecule has 1 saturated carbocycles. The van der Waals surface area contributed by atoms with Gasteiger partial charge in [-0.3, -0.25) is 14.3 Å². The number of aryl methyl sites for hydroxylation is 1. The third-order valence-corrected chi connectivity index (χ3v) is 6.25. The van der Waals surface area contributed by atoms with E-state index in [2.05, 4.69) is 29.1 Å². The van der Waals surface area contributed by atoms with E-state index in [1.807, 2.05) is 16.9 Å². The highest BCUT2D eigenvalue weighted by molar-refractivity contribution is 7.99. The van der Waals surface area contributed by atoms with E-state index >= 15 is 0 Å². The molecule has 0 N–H and O–H groups in total. The average molecular weight is 434 g/mol. The monoisotopic (exact) mass is 433 g/mol. The first-order chi connectivity index (χ1) is 14.6. The molecule has 0 aliphatic heterocycles. The number of aromatic nitrogens is 4. The minimum Gasteiger partial charge on any atom is -0.408 e. The summed E-state index contributed by atoms with van der Waals surface area (Å²) in [5.41, 5.74) is 0. The highest BCUT2D eigenvalue weighted by Crippen LogP contribution is 2.26. The Morgan fingerprint density at radius 2 is 2.07 bits per heavy atom. The third kappa shape index (κ3) is 6.17. The maximum atomic E-state index is 13.3. The zero-order chi connectivity index (χ0) is 21.3. The minimum absolute atomic E-state index is 0.0114. The fourth-order valence-corrected chi connectivity index (χ4v) is 4.64. The summed E-state index contributed by atoms with van der Waals surface area (Å²) in [5, 5.41) is 12.5. The van der Waals surface area contributed by atoms with Crippen molar-refractivity contribution in [1.29, 1.82) is 0 Å². The lowest BCUT2D eigenvalue weighted by Crippen LogP contribution is -2.47. The lowest BCUT2D eigenvalue weighted by molar-refractivity contribution is -0.122. The van der Waals surface area contributed by atoms with Crippen LogP contribution in [0.2, 0.25) is 0 Å². The quantitative estimate of drug-likeness (QED) is 0.230. The topological polar surface area (TPSA) is 94.1 Å². The van der Waals surface area contributed by atoms with Gasteiger partial charge in [0.1, 0.15) is 6.04 Å². The summed E-state index contributed by atoms with van der Waals surface area (Å²) in [6.45, 7) is 4.82. The van der Waals surface area contributed by atoms with E-state index in [0.29, 0.717) is 23.9 Å². The van der Waals surface area contributed by atoms with Gasteiger partial charge in [-0.15, -0.1) is 10.2 Å². The molecule has 0 unspecified atom stereocenters. The molecule has 0 aromatic carbocycles. The molecule has 9 heteroatoms. The summed E-state index contributed by atoms with van der Waals surface area (Å²) in [6.07, 6.45) is 11.5. The van der Waals surface area contributed by atoms with Crippen molar-refractivity contribution in [1.82, 2.24) is 24.9 Å². The summed E-state index contributed by atoms with van der Waals surface area (Å²) in [4.78, 5) is 27.0. The van der Waals surface area contributed by atoms with Crippen molar-refractivity contribution in [3.63, 3.8) is 0 Å². The van der Waals surface area contributed by atoms with Crippen LogP contribution in [-0.2, 0) is 11.3 Å². The van der Waals surface area contributed by atoms with Gasteiger partial charge in [0.25, 0.3) is 11.1 Å². The van der Waals surface area contributed by atoms with Crippen LogP contribution >= 0.6 is 11.8 Å². The molecule has 1 atom stereocenters. The van der Waals surface area contributed by atoms with Gasteiger partial charge in [0.05, 0.1) is 6.54 Å². The van der Waals surface area contributed by atoms with E-state index in [1.54, 1.807) is 11.1 Å². The van der Waals surface area contributed by atoms with Crippen molar-refractivity contribution in [3.8, 4) is 0 Å². The first-order valence-corrected chi connectivity index (χ1v) is 11.8. The predicted octanol–water partition coefficient (Wildman–Crippen LogP) is 3.84. The average Bonchev–Trinajstić information content (AvgIpc) is 3.35. The van der Waals surface area contributed by atoms with Crippen molar-refractivity contribution in [2.24, 2.45) is 5.92 Å². The number of hydrogen-bond donors (Lipinski definition) is 0. The van der Waals surface area contributed by atoms with Crippen LogP contribution in [-0.4, -0.2) is 54.9 Å². The van der Waals surface area contributed by atoms with Crippen LogP contribution in [0.5, 0.6) is 0 Å². The van der Waals surface area contributed by atoms with Gasteiger partial charge in [-0.25, -0.2) is 0 Å². The second kappa shape index (κ2) is 11.3. The van der Waals surface area contributed by atoms with Crippen LogP contribution in [0.3, 0.4) is 0 Å². The Morgan fingerprint density at radius 1 is 1.30 bits per heavy atom. The Balaban J connectivity index is 1.67. The van der Waals surface area contributed by atoms with Crippen molar-refractivity contribution < 1.29 is 14.0 Å². The fraction of sp³-hybridized carbons (Fsp3) is 0.667. The van der Waals surface area contributed by atoms with E-state index in [-0.39, 0.29) is 23.6 Å². The summed E-state index contributed by atoms with van der Waals surface area (Å²) >= 11 is 1.39. The second-order valence-corrected chi connectivity index (χ2v) is 9.24. The van der Waals surface area contributed by atoms with Crippen LogP contribution in [0.4, 0.5) is 0 Å². The van der Waals surface area contributed by atoms with Crippen LogP contribution in [0.1, 0.15) is 69.5 Å². The van der Waals surface area contributed by atoms with E-state index < -0.39 is 6.04 Å². The molecule has 0 saturated heterocycles. The zero-order valence-corrected chi connectivity index (χ0v) is 18.6. The Hall–Kier alpha value is -2.16. The minimum atomic E-state index is -0.562. The number of carbonyl (C=O) groups is 2. The summed E-state index contributed by atoms with van der Waals surface area (Å²) in [7, 11) is 0. The van der Waals surface area contributed by atoms with Gasteiger partial charge in [0.2, 0.25) is 12.2 Å². The predicted molar refractivity (Wildman–Crippen MR) is 114 cm³/mol. The number of thioether (sulfide) groups is 1. The van der Waals surface area contributed by atoms with E-state index in [4.69, 9.17) is 4.42 Å². The van der Waals surface area contributed by atoms with E-state index in [0.717, 1.165) is 32.1 Å². The van der Waals surface area contributed by atoms with Crippen molar-refractivity contribution in [2.75, 3.05) is 5.75 Å². The van der Waals surface area contributed by atoms with Crippen molar-refractivity contribution >= 4 is 24.0 Å². The number of nitrogens with zero attached hydrogens (tertiary/aromatic N) is 5. The normalized spacial score (nSPS) is 16.4. The Labute approximate surface area is 181 Å². The van der Waals surface area contributed by atoms with Gasteiger partial charge in [0.15, 0.2) is 0 Å². The van der Waals surface area contributed by atoms with Crippen LogP contribution < -0.4 is 0 Å². The Bertz CT molecular complexity index is 784. The number of ketones is 1. The highest BCUT2D eigenvalue weighted by Gasteiger charge is 2.34. The fourth-order valence-electron chi connectivity index (χ4n) is 3.95. The van der Waals surface area contributed by atoms with Crippen LogP contribution in [0.25, 0.3) is 0 Å². The molecule has 1 aliphatic rings. The molecule has 1 amide bonds. The van der Waals surface area contributed by atoms with Crippen LogP contribution in [0, 0.1) is 5.92 Å². The molecule has 3 rings (SSSR count).